The second-order valence-corrected chi connectivity index (χ2v) is 8.12. The Morgan fingerprint density at radius 1 is 0.800 bits per heavy atom. The Morgan fingerprint density at radius 3 is 2.28 bits per heavy atom. The van der Waals surface area contributed by atoms with Gasteiger partial charge in [0.05, 0.1) is 0 Å². The van der Waals surface area contributed by atoms with Gasteiger partial charge >= 0.3 is 0 Å². The highest BCUT2D eigenvalue weighted by atomic mass is 16.1. The smallest absolute Gasteiger partial charge is 0.170 e. The number of hydrogen-bond donors (Lipinski definition) is 0. The van der Waals surface area contributed by atoms with Gasteiger partial charge < -0.3 is 0 Å². The predicted molar refractivity (Wildman–Crippen MR) is 107 cm³/mol. The van der Waals surface area contributed by atoms with Crippen molar-refractivity contribution in [1.29, 1.82) is 0 Å². The maximum absolute atomic E-state index is 12.5. The van der Waals surface area contributed by atoms with Crippen molar-refractivity contribution in [1.82, 2.24) is 0 Å². The average Bonchev–Trinajstić information content (AvgIpc) is 2.66. The molecule has 136 valence electrons. The van der Waals surface area contributed by atoms with Gasteiger partial charge in [0.25, 0.3) is 0 Å². The summed E-state index contributed by atoms with van der Waals surface area (Å²) in [6, 6.07) is 7.99. The van der Waals surface area contributed by atoms with Crippen LogP contribution < -0.4 is 0 Å². The highest BCUT2D eigenvalue weighted by Crippen LogP contribution is 2.29. The van der Waals surface area contributed by atoms with E-state index in [2.05, 4.69) is 12.2 Å². The Bertz CT molecular complexity index is 565. The highest BCUT2D eigenvalue weighted by Gasteiger charge is 2.22. The van der Waals surface area contributed by atoms with Gasteiger partial charge in [-0.1, -0.05) is 113 Å². The molecule has 0 radical (unpaired) electrons. The average molecular weight is 339 g/mol. The number of ketones is 1. The number of hydrogen-bond acceptors (Lipinski definition) is 1. The van der Waals surface area contributed by atoms with Crippen molar-refractivity contribution in [2.24, 2.45) is 11.8 Å². The molecule has 2 aliphatic carbocycles. The lowest BCUT2D eigenvalue weighted by Crippen LogP contribution is -2.16. The monoisotopic (exact) mass is 338 g/mol. The number of carbonyl (C=O) groups is 1. The first-order valence-electron chi connectivity index (χ1n) is 10.7. The SMILES string of the molecule is O=C1c2ccccc2C=CC1CCCCCCCCC1CCCCC1. The molecule has 0 saturated heterocycles. The van der Waals surface area contributed by atoms with E-state index < -0.39 is 0 Å². The molecular weight excluding hydrogens is 304 g/mol. The fourth-order valence-corrected chi connectivity index (χ4v) is 4.58. The van der Waals surface area contributed by atoms with Crippen LogP contribution in [0.5, 0.6) is 0 Å². The van der Waals surface area contributed by atoms with Crippen LogP contribution in [0.15, 0.2) is 30.3 Å². The maximum atomic E-state index is 12.5. The third kappa shape index (κ3) is 5.56. The second kappa shape index (κ2) is 9.94. The first-order chi connectivity index (χ1) is 12.3. The van der Waals surface area contributed by atoms with E-state index in [1.807, 2.05) is 24.3 Å². The van der Waals surface area contributed by atoms with Crippen molar-refractivity contribution in [2.75, 3.05) is 0 Å². The molecule has 0 bridgehead atoms. The number of fused-ring (bicyclic) bond motifs is 1. The molecule has 1 saturated carbocycles. The molecule has 25 heavy (non-hydrogen) atoms. The standard InChI is InChI=1S/C24H34O/c25-24-22(19-18-21-15-10-11-17-23(21)24)16-9-4-2-1-3-6-12-20-13-7-5-8-14-20/h10-11,15,17-20,22H,1-9,12-14,16H2. The summed E-state index contributed by atoms with van der Waals surface area (Å²) in [5, 5.41) is 0. The Balaban J connectivity index is 1.24. The molecule has 1 unspecified atom stereocenters. The van der Waals surface area contributed by atoms with Crippen LogP contribution >= 0.6 is 0 Å². The van der Waals surface area contributed by atoms with Gasteiger partial charge in [0, 0.05) is 11.5 Å². The molecule has 0 N–H and O–H groups in total. The maximum Gasteiger partial charge on any atom is 0.170 e. The first kappa shape index (κ1) is 18.4. The number of Topliss-reactive ketones (excluding diaryl/α,β-unsaturated/α-hetero) is 1. The Labute approximate surface area is 153 Å². The summed E-state index contributed by atoms with van der Waals surface area (Å²) in [7, 11) is 0. The van der Waals surface area contributed by atoms with E-state index >= 15 is 0 Å². The number of benzene rings is 1. The minimum Gasteiger partial charge on any atom is -0.293 e. The predicted octanol–water partition coefficient (Wildman–Crippen LogP) is 7.21. The van der Waals surface area contributed by atoms with Gasteiger partial charge in [-0.2, -0.15) is 0 Å². The molecule has 0 aliphatic heterocycles. The molecule has 1 aromatic rings. The second-order valence-electron chi connectivity index (χ2n) is 8.12. The van der Waals surface area contributed by atoms with E-state index in [0.29, 0.717) is 5.78 Å². The molecule has 1 fully saturated rings. The summed E-state index contributed by atoms with van der Waals surface area (Å²) in [6.07, 6.45) is 22.2. The van der Waals surface area contributed by atoms with E-state index in [4.69, 9.17) is 0 Å². The largest absolute Gasteiger partial charge is 0.293 e. The van der Waals surface area contributed by atoms with Gasteiger partial charge in [-0.25, -0.2) is 0 Å². The van der Waals surface area contributed by atoms with E-state index in [1.54, 1.807) is 0 Å². The van der Waals surface area contributed by atoms with Gasteiger partial charge in [-0.05, 0) is 17.9 Å². The van der Waals surface area contributed by atoms with Crippen LogP contribution in [0.1, 0.15) is 99.4 Å². The van der Waals surface area contributed by atoms with Crippen molar-refractivity contribution in [3.8, 4) is 0 Å². The molecule has 1 aromatic carbocycles. The van der Waals surface area contributed by atoms with E-state index in [1.165, 1.54) is 77.0 Å². The Hall–Kier alpha value is -1.37. The van der Waals surface area contributed by atoms with E-state index in [0.717, 1.165) is 23.5 Å². The van der Waals surface area contributed by atoms with Crippen molar-refractivity contribution in [3.63, 3.8) is 0 Å². The molecule has 0 heterocycles. The van der Waals surface area contributed by atoms with Gasteiger partial charge in [0.2, 0.25) is 0 Å². The fourth-order valence-electron chi connectivity index (χ4n) is 4.58. The normalized spacial score (nSPS) is 20.6. The summed E-state index contributed by atoms with van der Waals surface area (Å²) in [4.78, 5) is 12.5. The van der Waals surface area contributed by atoms with Crippen LogP contribution in [0.3, 0.4) is 0 Å². The lowest BCUT2D eigenvalue weighted by molar-refractivity contribution is 0.0937. The van der Waals surface area contributed by atoms with Crippen LogP contribution in [-0.2, 0) is 0 Å². The molecule has 1 nitrogen and oxygen atoms in total. The Kier molecular flexibility index (Phi) is 7.33. The van der Waals surface area contributed by atoms with Crippen molar-refractivity contribution < 1.29 is 4.79 Å². The number of unbranched alkanes of at least 4 members (excludes halogenated alkanes) is 5. The summed E-state index contributed by atoms with van der Waals surface area (Å²) in [5.74, 6) is 1.48. The zero-order valence-corrected chi connectivity index (χ0v) is 15.7. The zero-order valence-electron chi connectivity index (χ0n) is 15.7. The lowest BCUT2D eigenvalue weighted by Gasteiger charge is -2.21. The topological polar surface area (TPSA) is 17.1 Å². The van der Waals surface area contributed by atoms with Crippen LogP contribution in [0, 0.1) is 11.8 Å². The van der Waals surface area contributed by atoms with Crippen molar-refractivity contribution in [2.45, 2.75) is 83.5 Å². The summed E-state index contributed by atoms with van der Waals surface area (Å²) < 4.78 is 0. The van der Waals surface area contributed by atoms with Crippen LogP contribution in [0.2, 0.25) is 0 Å². The third-order valence-corrected chi connectivity index (χ3v) is 6.17. The molecule has 0 amide bonds. The molecule has 1 atom stereocenters. The molecule has 0 aromatic heterocycles. The van der Waals surface area contributed by atoms with Gasteiger partial charge in [0.1, 0.15) is 0 Å². The molecular formula is C24H34O. The summed E-state index contributed by atoms with van der Waals surface area (Å²) in [6.45, 7) is 0. The molecule has 2 aliphatic rings. The van der Waals surface area contributed by atoms with E-state index in [9.17, 15) is 4.79 Å². The molecule has 0 spiro atoms. The van der Waals surface area contributed by atoms with Crippen LogP contribution in [-0.4, -0.2) is 5.78 Å². The minimum atomic E-state index is 0.112. The first-order valence-corrected chi connectivity index (χ1v) is 10.7. The van der Waals surface area contributed by atoms with E-state index in [-0.39, 0.29) is 5.92 Å². The van der Waals surface area contributed by atoms with Crippen LogP contribution in [0.4, 0.5) is 0 Å². The minimum absolute atomic E-state index is 0.112. The molecule has 3 rings (SSSR count). The fraction of sp³-hybridized carbons (Fsp3) is 0.625. The summed E-state index contributed by atoms with van der Waals surface area (Å²) in [5.41, 5.74) is 2.00. The highest BCUT2D eigenvalue weighted by molar-refractivity contribution is 6.04. The van der Waals surface area contributed by atoms with Gasteiger partial charge in [-0.15, -0.1) is 0 Å². The number of rotatable bonds is 9. The number of allylic oxidation sites excluding steroid dienone is 1. The third-order valence-electron chi connectivity index (χ3n) is 6.17. The van der Waals surface area contributed by atoms with Crippen molar-refractivity contribution in [3.05, 3.63) is 41.5 Å². The van der Waals surface area contributed by atoms with Crippen LogP contribution in [0.25, 0.3) is 6.08 Å². The Morgan fingerprint density at radius 2 is 1.48 bits per heavy atom. The number of carbonyl (C=O) groups excluding carboxylic acids is 1. The zero-order chi connectivity index (χ0) is 17.3. The van der Waals surface area contributed by atoms with Crippen molar-refractivity contribution >= 4 is 11.9 Å². The summed E-state index contributed by atoms with van der Waals surface area (Å²) >= 11 is 0. The lowest BCUT2D eigenvalue weighted by atomic mass is 9.85. The molecule has 1 heteroatoms. The van der Waals surface area contributed by atoms with Gasteiger partial charge in [-0.3, -0.25) is 4.79 Å². The quantitative estimate of drug-likeness (QED) is 0.435. The van der Waals surface area contributed by atoms with Gasteiger partial charge in [0.15, 0.2) is 5.78 Å².